The van der Waals surface area contributed by atoms with Crippen molar-refractivity contribution in [3.8, 4) is 0 Å². The summed E-state index contributed by atoms with van der Waals surface area (Å²) in [6, 6.07) is 8.23. The maximum atomic E-state index is 13.8. The zero-order valence-electron chi connectivity index (χ0n) is 21.7. The summed E-state index contributed by atoms with van der Waals surface area (Å²) in [5.74, 6) is -0.522. The monoisotopic (exact) mass is 549 g/mol. The molecule has 1 N–H and O–H groups in total. The third-order valence-corrected chi connectivity index (χ3v) is 8.86. The number of hydrogen-bond donors (Lipinski definition) is 1. The second kappa shape index (κ2) is 12.7. The van der Waals surface area contributed by atoms with Crippen LogP contribution in [-0.4, -0.2) is 53.5 Å². The molecular formula is C26H33ClN3O6P. The van der Waals surface area contributed by atoms with Gasteiger partial charge in [0.05, 0.1) is 36.7 Å². The molecule has 3 aromatic rings. The molecule has 11 heteroatoms. The number of hydrogen-bond acceptors (Lipinski definition) is 8. The maximum absolute atomic E-state index is 13.8. The van der Waals surface area contributed by atoms with Crippen LogP contribution in [0, 0.1) is 5.92 Å². The molecule has 9 nitrogen and oxygen atoms in total. The Balaban J connectivity index is 2.21. The average Bonchev–Trinajstić information content (AvgIpc) is 3.17. The van der Waals surface area contributed by atoms with Gasteiger partial charge in [-0.25, -0.2) is 9.36 Å². The molecule has 1 unspecified atom stereocenters. The first-order valence-electron chi connectivity index (χ1n) is 12.3. The van der Waals surface area contributed by atoms with Gasteiger partial charge >= 0.3 is 13.7 Å². The molecule has 0 spiro atoms. The molecule has 0 aliphatic rings. The molecule has 0 fully saturated rings. The molecule has 0 bridgehead atoms. The van der Waals surface area contributed by atoms with E-state index >= 15 is 0 Å². The standard InChI is InChI=1S/C26H33ClN3O6P/c1-6-34-26(32)30-21-12-11-19(27)14-20(21)23(24(30)25(31)18-10-9-13-28-15-18)29-16-22(17(4)5)37(33,35-7-2)36-8-3/h9-15,17,22,29H,6-8,16H2,1-5H3. The fraction of sp³-hybridized carbons (Fsp3) is 0.423. The average molecular weight is 550 g/mol. The van der Waals surface area contributed by atoms with Gasteiger partial charge in [0.25, 0.3) is 0 Å². The lowest BCUT2D eigenvalue weighted by molar-refractivity contribution is 0.102. The highest BCUT2D eigenvalue weighted by Crippen LogP contribution is 2.55. The SMILES string of the molecule is CCOC(=O)n1c(C(=O)c2cccnc2)c(NCC(C(C)C)P(=O)(OCC)OCC)c2cc(Cl)ccc21. The highest BCUT2D eigenvalue weighted by atomic mass is 35.5. The normalized spacial score (nSPS) is 12.6. The lowest BCUT2D eigenvalue weighted by Gasteiger charge is -2.29. The van der Waals surface area contributed by atoms with Crippen LogP contribution in [-0.2, 0) is 18.3 Å². The van der Waals surface area contributed by atoms with E-state index in [-0.39, 0.29) is 38.0 Å². The van der Waals surface area contributed by atoms with E-state index in [1.54, 1.807) is 57.3 Å². The zero-order valence-corrected chi connectivity index (χ0v) is 23.3. The molecule has 0 amide bonds. The number of halogens is 1. The minimum atomic E-state index is -3.49. The van der Waals surface area contributed by atoms with Crippen molar-refractivity contribution in [3.63, 3.8) is 0 Å². The Morgan fingerprint density at radius 1 is 1.11 bits per heavy atom. The number of pyridine rings is 1. The number of rotatable bonds is 12. The second-order valence-corrected chi connectivity index (χ2v) is 11.3. The molecule has 1 aromatic carbocycles. The molecule has 0 aliphatic heterocycles. The minimum Gasteiger partial charge on any atom is -0.449 e. The number of ether oxygens (including phenoxy) is 1. The molecule has 1 atom stereocenters. The minimum absolute atomic E-state index is 0.0638. The van der Waals surface area contributed by atoms with Crippen molar-refractivity contribution < 1.29 is 27.9 Å². The highest BCUT2D eigenvalue weighted by molar-refractivity contribution is 7.54. The predicted octanol–water partition coefficient (Wildman–Crippen LogP) is 6.63. The molecule has 0 saturated heterocycles. The van der Waals surface area contributed by atoms with Crippen LogP contribution in [0.3, 0.4) is 0 Å². The lowest BCUT2D eigenvalue weighted by Crippen LogP contribution is -2.28. The van der Waals surface area contributed by atoms with Gasteiger partial charge in [-0.05, 0) is 57.0 Å². The summed E-state index contributed by atoms with van der Waals surface area (Å²) >= 11 is 6.33. The Bertz CT molecular complexity index is 1280. The molecule has 0 saturated carbocycles. The predicted molar refractivity (Wildman–Crippen MR) is 145 cm³/mol. The molecule has 200 valence electrons. The van der Waals surface area contributed by atoms with Crippen molar-refractivity contribution in [2.24, 2.45) is 5.92 Å². The smallest absolute Gasteiger partial charge is 0.419 e. The van der Waals surface area contributed by atoms with E-state index in [1.807, 2.05) is 13.8 Å². The van der Waals surface area contributed by atoms with Crippen LogP contribution in [0.1, 0.15) is 50.7 Å². The quantitative estimate of drug-likeness (QED) is 0.198. The van der Waals surface area contributed by atoms with Crippen LogP contribution < -0.4 is 5.32 Å². The van der Waals surface area contributed by atoms with Crippen molar-refractivity contribution in [3.05, 3.63) is 59.0 Å². The first kappa shape index (κ1) is 28.9. The number of carbonyl (C=O) groups excluding carboxylic acids is 2. The van der Waals surface area contributed by atoms with Crippen molar-refractivity contribution in [1.82, 2.24) is 9.55 Å². The van der Waals surface area contributed by atoms with Gasteiger partial charge in [0.1, 0.15) is 5.69 Å². The Kier molecular flexibility index (Phi) is 9.90. The first-order valence-corrected chi connectivity index (χ1v) is 14.3. The van der Waals surface area contributed by atoms with E-state index in [9.17, 15) is 14.2 Å². The van der Waals surface area contributed by atoms with Gasteiger partial charge < -0.3 is 19.1 Å². The molecule has 0 radical (unpaired) electrons. The van der Waals surface area contributed by atoms with Crippen LogP contribution >= 0.6 is 19.2 Å². The summed E-state index contributed by atoms with van der Waals surface area (Å²) in [6.07, 6.45) is 2.29. The summed E-state index contributed by atoms with van der Waals surface area (Å²) in [5.41, 5.74) is 0.628. The molecule has 0 aliphatic carbocycles. The zero-order chi connectivity index (χ0) is 27.2. The summed E-state index contributed by atoms with van der Waals surface area (Å²) < 4.78 is 31.5. The highest BCUT2D eigenvalue weighted by Gasteiger charge is 2.38. The number of benzene rings is 1. The van der Waals surface area contributed by atoms with Gasteiger partial charge in [-0.1, -0.05) is 25.4 Å². The molecule has 2 aromatic heterocycles. The van der Waals surface area contributed by atoms with Gasteiger partial charge in [-0.2, -0.15) is 0 Å². The van der Waals surface area contributed by atoms with E-state index in [1.165, 1.54) is 10.8 Å². The number of anilines is 1. The van der Waals surface area contributed by atoms with E-state index < -0.39 is 25.1 Å². The van der Waals surface area contributed by atoms with Crippen molar-refractivity contribution in [2.45, 2.75) is 40.3 Å². The van der Waals surface area contributed by atoms with E-state index in [0.29, 0.717) is 27.2 Å². The third kappa shape index (κ3) is 6.24. The largest absolute Gasteiger partial charge is 0.449 e. The Hall–Kier alpha value is -2.71. The van der Waals surface area contributed by atoms with Gasteiger partial charge in [-0.3, -0.25) is 14.3 Å². The van der Waals surface area contributed by atoms with Crippen molar-refractivity contribution in [1.29, 1.82) is 0 Å². The van der Waals surface area contributed by atoms with Crippen LogP contribution in [0.15, 0.2) is 42.7 Å². The van der Waals surface area contributed by atoms with Gasteiger partial charge in [0.2, 0.25) is 5.78 Å². The van der Waals surface area contributed by atoms with Crippen LogP contribution in [0.2, 0.25) is 5.02 Å². The van der Waals surface area contributed by atoms with E-state index in [2.05, 4.69) is 10.3 Å². The fourth-order valence-corrected chi connectivity index (χ4v) is 6.57. The Labute approximate surface area is 222 Å². The first-order chi connectivity index (χ1) is 17.7. The lowest BCUT2D eigenvalue weighted by atomic mass is 10.1. The summed E-state index contributed by atoms with van der Waals surface area (Å²) in [5, 5.41) is 4.26. The van der Waals surface area contributed by atoms with Gasteiger partial charge in [-0.15, -0.1) is 0 Å². The van der Waals surface area contributed by atoms with E-state index in [0.717, 1.165) is 0 Å². The van der Waals surface area contributed by atoms with E-state index in [4.69, 9.17) is 25.4 Å². The van der Waals surface area contributed by atoms with Crippen molar-refractivity contribution >= 4 is 47.7 Å². The number of fused-ring (bicyclic) bond motifs is 1. The number of nitrogens with zero attached hydrogens (tertiary/aromatic N) is 2. The third-order valence-electron chi connectivity index (χ3n) is 5.80. The fourth-order valence-electron chi connectivity index (χ4n) is 4.18. The van der Waals surface area contributed by atoms with Crippen LogP contribution in [0.5, 0.6) is 0 Å². The number of nitrogens with one attached hydrogen (secondary N) is 1. The van der Waals surface area contributed by atoms with Gasteiger partial charge in [0, 0.05) is 34.9 Å². The molecular weight excluding hydrogens is 517 g/mol. The van der Waals surface area contributed by atoms with Crippen LogP contribution in [0.4, 0.5) is 10.5 Å². The molecule has 2 heterocycles. The topological polar surface area (TPSA) is 109 Å². The number of aromatic nitrogens is 2. The molecule has 3 rings (SSSR count). The number of carbonyl (C=O) groups is 2. The van der Waals surface area contributed by atoms with Crippen molar-refractivity contribution in [2.75, 3.05) is 31.7 Å². The number of ketones is 1. The summed E-state index contributed by atoms with van der Waals surface area (Å²) in [4.78, 5) is 31.0. The van der Waals surface area contributed by atoms with Crippen LogP contribution in [0.25, 0.3) is 10.9 Å². The molecule has 37 heavy (non-hydrogen) atoms. The summed E-state index contributed by atoms with van der Waals surface area (Å²) in [7, 11) is -3.49. The van der Waals surface area contributed by atoms with Gasteiger partial charge in [0.15, 0.2) is 0 Å². The second-order valence-electron chi connectivity index (χ2n) is 8.56. The Morgan fingerprint density at radius 3 is 2.38 bits per heavy atom. The maximum Gasteiger partial charge on any atom is 0.419 e. The Morgan fingerprint density at radius 2 is 1.81 bits per heavy atom. The summed E-state index contributed by atoms with van der Waals surface area (Å²) in [6.45, 7) is 9.79.